The second kappa shape index (κ2) is 8.22. The highest BCUT2D eigenvalue weighted by atomic mass is 16.6. The molecule has 1 saturated carbocycles. The maximum atomic E-state index is 12.2. The SMILES string of the molecule is CCc1ccc(C(CC)NCC2(NC(=O)OC(C)(C)C)CCC2)cc1. The quantitative estimate of drug-likeness (QED) is 0.750. The molecule has 0 spiro atoms. The number of ether oxygens (including phenoxy) is 1. The van der Waals surface area contributed by atoms with Crippen molar-refractivity contribution in [1.82, 2.24) is 10.6 Å². The summed E-state index contributed by atoms with van der Waals surface area (Å²) in [6, 6.07) is 9.16. The normalized spacial score (nSPS) is 17.5. The summed E-state index contributed by atoms with van der Waals surface area (Å²) in [7, 11) is 0. The number of rotatable bonds is 7. The van der Waals surface area contributed by atoms with Crippen molar-refractivity contribution in [3.8, 4) is 0 Å². The Morgan fingerprint density at radius 3 is 2.28 bits per heavy atom. The maximum Gasteiger partial charge on any atom is 0.408 e. The zero-order chi connectivity index (χ0) is 18.5. The van der Waals surface area contributed by atoms with Gasteiger partial charge in [0.2, 0.25) is 0 Å². The van der Waals surface area contributed by atoms with Crippen LogP contribution in [0.25, 0.3) is 0 Å². The Balaban J connectivity index is 1.94. The molecule has 1 unspecified atom stereocenters. The minimum atomic E-state index is -0.463. The van der Waals surface area contributed by atoms with E-state index in [0.717, 1.165) is 38.6 Å². The van der Waals surface area contributed by atoms with Gasteiger partial charge >= 0.3 is 6.09 Å². The minimum Gasteiger partial charge on any atom is -0.444 e. The van der Waals surface area contributed by atoms with Gasteiger partial charge in [-0.2, -0.15) is 0 Å². The van der Waals surface area contributed by atoms with Crippen molar-refractivity contribution < 1.29 is 9.53 Å². The van der Waals surface area contributed by atoms with E-state index in [1.54, 1.807) is 0 Å². The van der Waals surface area contributed by atoms with Crippen LogP contribution in [0.5, 0.6) is 0 Å². The fraction of sp³-hybridized carbons (Fsp3) is 0.667. The molecule has 0 radical (unpaired) electrons. The number of carbonyl (C=O) groups is 1. The molecule has 0 aliphatic heterocycles. The van der Waals surface area contributed by atoms with E-state index in [-0.39, 0.29) is 11.6 Å². The summed E-state index contributed by atoms with van der Waals surface area (Å²) in [5.74, 6) is 0. The minimum absolute atomic E-state index is 0.168. The highest BCUT2D eigenvalue weighted by Gasteiger charge is 2.39. The second-order valence-corrected chi connectivity index (χ2v) is 8.20. The fourth-order valence-electron chi connectivity index (χ4n) is 3.27. The number of aryl methyl sites for hydroxylation is 1. The lowest BCUT2D eigenvalue weighted by atomic mass is 9.76. The number of hydrogen-bond donors (Lipinski definition) is 2. The predicted molar refractivity (Wildman–Crippen MR) is 103 cm³/mol. The first-order valence-electron chi connectivity index (χ1n) is 9.60. The van der Waals surface area contributed by atoms with E-state index in [2.05, 4.69) is 48.7 Å². The van der Waals surface area contributed by atoms with Crippen LogP contribution in [0.4, 0.5) is 4.79 Å². The van der Waals surface area contributed by atoms with Gasteiger partial charge < -0.3 is 15.4 Å². The van der Waals surface area contributed by atoms with Gasteiger partial charge in [-0.05, 0) is 64.0 Å². The lowest BCUT2D eigenvalue weighted by molar-refractivity contribution is 0.0378. The first kappa shape index (κ1) is 19.8. The average Bonchev–Trinajstić information content (AvgIpc) is 2.51. The maximum absolute atomic E-state index is 12.2. The number of alkyl carbamates (subject to hydrolysis) is 1. The van der Waals surface area contributed by atoms with Gasteiger partial charge in [-0.15, -0.1) is 0 Å². The Kier molecular flexibility index (Phi) is 6.50. The molecule has 1 aliphatic rings. The first-order valence-corrected chi connectivity index (χ1v) is 9.60. The molecule has 4 nitrogen and oxygen atoms in total. The molecule has 2 rings (SSSR count). The van der Waals surface area contributed by atoms with E-state index in [1.807, 2.05) is 20.8 Å². The molecular formula is C21H34N2O2. The number of hydrogen-bond acceptors (Lipinski definition) is 3. The van der Waals surface area contributed by atoms with E-state index < -0.39 is 5.60 Å². The molecule has 1 atom stereocenters. The Morgan fingerprint density at radius 1 is 1.20 bits per heavy atom. The lowest BCUT2D eigenvalue weighted by Crippen LogP contribution is -2.60. The van der Waals surface area contributed by atoms with Crippen molar-refractivity contribution in [2.45, 2.75) is 83.9 Å². The molecule has 0 saturated heterocycles. The van der Waals surface area contributed by atoms with E-state index in [9.17, 15) is 4.79 Å². The Labute approximate surface area is 152 Å². The number of benzene rings is 1. The molecule has 4 heteroatoms. The highest BCUT2D eigenvalue weighted by molar-refractivity contribution is 5.69. The number of carbonyl (C=O) groups excluding carboxylic acids is 1. The molecule has 1 amide bonds. The van der Waals surface area contributed by atoms with Gasteiger partial charge in [0.05, 0.1) is 5.54 Å². The summed E-state index contributed by atoms with van der Waals surface area (Å²) in [4.78, 5) is 12.2. The van der Waals surface area contributed by atoms with E-state index in [0.29, 0.717) is 6.04 Å². The van der Waals surface area contributed by atoms with Gasteiger partial charge in [-0.3, -0.25) is 0 Å². The summed E-state index contributed by atoms with van der Waals surface area (Å²) in [5, 5.41) is 6.78. The van der Waals surface area contributed by atoms with Crippen molar-refractivity contribution in [1.29, 1.82) is 0 Å². The smallest absolute Gasteiger partial charge is 0.408 e. The summed E-state index contributed by atoms with van der Waals surface area (Å²) in [5.41, 5.74) is 2.04. The summed E-state index contributed by atoms with van der Waals surface area (Å²) < 4.78 is 5.43. The zero-order valence-corrected chi connectivity index (χ0v) is 16.4. The molecular weight excluding hydrogens is 312 g/mol. The molecule has 140 valence electrons. The molecule has 0 heterocycles. The Bertz CT molecular complexity index is 556. The molecule has 0 bridgehead atoms. The number of amides is 1. The zero-order valence-electron chi connectivity index (χ0n) is 16.4. The second-order valence-electron chi connectivity index (χ2n) is 8.20. The summed E-state index contributed by atoms with van der Waals surface area (Å²) >= 11 is 0. The van der Waals surface area contributed by atoms with E-state index >= 15 is 0 Å². The van der Waals surface area contributed by atoms with Gasteiger partial charge in [0.1, 0.15) is 5.60 Å². The largest absolute Gasteiger partial charge is 0.444 e. The Hall–Kier alpha value is -1.55. The average molecular weight is 347 g/mol. The van der Waals surface area contributed by atoms with Crippen LogP contribution in [0.15, 0.2) is 24.3 Å². The Morgan fingerprint density at radius 2 is 1.84 bits per heavy atom. The van der Waals surface area contributed by atoms with Crippen LogP contribution in [-0.2, 0) is 11.2 Å². The van der Waals surface area contributed by atoms with Crippen LogP contribution in [0.3, 0.4) is 0 Å². The van der Waals surface area contributed by atoms with Crippen LogP contribution < -0.4 is 10.6 Å². The monoisotopic (exact) mass is 346 g/mol. The van der Waals surface area contributed by atoms with Gasteiger partial charge in [-0.25, -0.2) is 4.79 Å². The third-order valence-corrected chi connectivity index (χ3v) is 4.96. The lowest BCUT2D eigenvalue weighted by Gasteiger charge is -2.43. The third-order valence-electron chi connectivity index (χ3n) is 4.96. The molecule has 0 aromatic heterocycles. The first-order chi connectivity index (χ1) is 11.8. The molecule has 1 fully saturated rings. The highest BCUT2D eigenvalue weighted by Crippen LogP contribution is 2.32. The number of nitrogens with one attached hydrogen (secondary N) is 2. The topological polar surface area (TPSA) is 50.4 Å². The predicted octanol–water partition coefficient (Wildman–Crippen LogP) is 4.74. The van der Waals surface area contributed by atoms with Gasteiger partial charge in [-0.1, -0.05) is 38.1 Å². The van der Waals surface area contributed by atoms with Crippen LogP contribution in [-0.4, -0.2) is 23.8 Å². The summed E-state index contributed by atoms with van der Waals surface area (Å²) in [6.45, 7) is 10.8. The molecule has 25 heavy (non-hydrogen) atoms. The van der Waals surface area contributed by atoms with Crippen LogP contribution in [0, 0.1) is 0 Å². The third kappa shape index (κ3) is 5.74. The van der Waals surface area contributed by atoms with Crippen molar-refractivity contribution in [3.63, 3.8) is 0 Å². The summed E-state index contributed by atoms with van der Waals surface area (Å²) in [6.07, 6.45) is 4.94. The van der Waals surface area contributed by atoms with Crippen molar-refractivity contribution in [3.05, 3.63) is 35.4 Å². The van der Waals surface area contributed by atoms with Gasteiger partial charge in [0.15, 0.2) is 0 Å². The van der Waals surface area contributed by atoms with Gasteiger partial charge in [0.25, 0.3) is 0 Å². The van der Waals surface area contributed by atoms with Crippen molar-refractivity contribution in [2.24, 2.45) is 0 Å². The van der Waals surface area contributed by atoms with E-state index in [1.165, 1.54) is 11.1 Å². The molecule has 1 aromatic rings. The fourth-order valence-corrected chi connectivity index (χ4v) is 3.27. The van der Waals surface area contributed by atoms with E-state index in [4.69, 9.17) is 4.74 Å². The standard InChI is InChI=1S/C21H34N2O2/c1-6-16-9-11-17(12-10-16)18(7-2)22-15-21(13-8-14-21)23-19(24)25-20(3,4)5/h9-12,18,22H,6-8,13-15H2,1-5H3,(H,23,24). The van der Waals surface area contributed by atoms with Gasteiger partial charge in [0, 0.05) is 12.6 Å². The van der Waals surface area contributed by atoms with Crippen molar-refractivity contribution >= 4 is 6.09 Å². The molecule has 1 aromatic carbocycles. The van der Waals surface area contributed by atoms with Crippen LogP contribution in [0.1, 0.15) is 77.5 Å². The molecule has 2 N–H and O–H groups in total. The van der Waals surface area contributed by atoms with Crippen LogP contribution >= 0.6 is 0 Å². The molecule has 1 aliphatic carbocycles. The van der Waals surface area contributed by atoms with Crippen LogP contribution in [0.2, 0.25) is 0 Å². The van der Waals surface area contributed by atoms with Crippen molar-refractivity contribution in [2.75, 3.05) is 6.54 Å².